The number of rotatable bonds is 3. The van der Waals surface area contributed by atoms with Crippen LogP contribution in [0, 0.1) is 5.92 Å². The summed E-state index contributed by atoms with van der Waals surface area (Å²) in [6.07, 6.45) is 1.95. The van der Waals surface area contributed by atoms with Crippen LogP contribution < -0.4 is 0 Å². The molecule has 64 valence electrons. The molecule has 0 radical (unpaired) electrons. The van der Waals surface area contributed by atoms with Crippen LogP contribution in [0.2, 0.25) is 0 Å². The van der Waals surface area contributed by atoms with Gasteiger partial charge in [-0.25, -0.2) is 0 Å². The second-order valence-electron chi connectivity index (χ2n) is 3.55. The molecule has 0 N–H and O–H groups in total. The zero-order chi connectivity index (χ0) is 7.84. The average molecular weight is 155 g/mol. The molecule has 1 unspecified atom stereocenters. The zero-order valence-corrected chi connectivity index (χ0v) is 7.42. The maximum atomic E-state index is 5.65. The van der Waals surface area contributed by atoms with Gasteiger partial charge in [0.25, 0.3) is 0 Å². The van der Waals surface area contributed by atoms with Gasteiger partial charge in [-0.1, -0.05) is 6.92 Å². The molecule has 0 bridgehead atoms. The highest BCUT2D eigenvalue weighted by molar-refractivity contribution is 5.06. The van der Waals surface area contributed by atoms with Crippen LogP contribution in [0.15, 0.2) is 0 Å². The number of piperidine rings is 1. The molecule has 0 aromatic heterocycles. The summed E-state index contributed by atoms with van der Waals surface area (Å²) in [6, 6.07) is 0.886. The first-order chi connectivity index (χ1) is 5.36. The molecule has 1 saturated carbocycles. The lowest BCUT2D eigenvalue weighted by Gasteiger charge is -2.17. The maximum absolute atomic E-state index is 5.65. The van der Waals surface area contributed by atoms with E-state index in [0.717, 1.165) is 18.6 Å². The third-order valence-electron chi connectivity index (χ3n) is 2.95. The molecule has 2 heteroatoms. The fourth-order valence-corrected chi connectivity index (χ4v) is 2.28. The van der Waals surface area contributed by atoms with E-state index in [-0.39, 0.29) is 0 Å². The molecule has 11 heavy (non-hydrogen) atoms. The van der Waals surface area contributed by atoms with E-state index in [0.29, 0.717) is 6.10 Å². The highest BCUT2D eigenvalue weighted by Gasteiger charge is 2.52. The van der Waals surface area contributed by atoms with E-state index in [1.807, 2.05) is 0 Å². The molecule has 2 aliphatic rings. The molecule has 1 aliphatic carbocycles. The van der Waals surface area contributed by atoms with Crippen LogP contribution in [0.4, 0.5) is 0 Å². The van der Waals surface area contributed by atoms with Crippen LogP contribution in [-0.2, 0) is 4.74 Å². The average Bonchev–Trinajstić information content (AvgIpc) is 2.72. The Bertz CT molecular complexity index is 148. The van der Waals surface area contributed by atoms with Crippen molar-refractivity contribution in [3.63, 3.8) is 0 Å². The Morgan fingerprint density at radius 2 is 2.27 bits per heavy atom. The summed E-state index contributed by atoms with van der Waals surface area (Å²) in [5, 5.41) is 0. The van der Waals surface area contributed by atoms with E-state index < -0.39 is 0 Å². The Morgan fingerprint density at radius 1 is 1.45 bits per heavy atom. The molecule has 2 fully saturated rings. The first-order valence-corrected chi connectivity index (χ1v) is 4.72. The van der Waals surface area contributed by atoms with Crippen LogP contribution in [0.1, 0.15) is 20.3 Å². The van der Waals surface area contributed by atoms with Crippen molar-refractivity contribution < 1.29 is 4.74 Å². The standard InChI is InChI=1S/C9H17NO/c1-3-10-6-9(11-4-2)7-5-8(7)10/h7-9H,3-6H2,1-2H3/t7?,8-,9-/m1/s1. The van der Waals surface area contributed by atoms with Crippen LogP contribution in [0.5, 0.6) is 0 Å². The van der Waals surface area contributed by atoms with Gasteiger partial charge in [0.05, 0.1) is 6.10 Å². The van der Waals surface area contributed by atoms with Crippen molar-refractivity contribution in [1.29, 1.82) is 0 Å². The van der Waals surface area contributed by atoms with Crippen LogP contribution in [-0.4, -0.2) is 36.7 Å². The monoisotopic (exact) mass is 155 g/mol. The second kappa shape index (κ2) is 2.76. The number of fused-ring (bicyclic) bond motifs is 1. The van der Waals surface area contributed by atoms with Crippen molar-refractivity contribution >= 4 is 0 Å². The molecule has 0 aromatic rings. The van der Waals surface area contributed by atoms with Gasteiger partial charge in [0.15, 0.2) is 0 Å². The smallest absolute Gasteiger partial charge is 0.0745 e. The lowest BCUT2D eigenvalue weighted by atomic mass is 10.2. The summed E-state index contributed by atoms with van der Waals surface area (Å²) in [6.45, 7) is 7.59. The van der Waals surface area contributed by atoms with Crippen molar-refractivity contribution in [2.24, 2.45) is 5.92 Å². The number of likely N-dealkylation sites (N-methyl/N-ethyl adjacent to an activating group) is 1. The topological polar surface area (TPSA) is 12.5 Å². The normalized spacial score (nSPS) is 42.5. The van der Waals surface area contributed by atoms with Gasteiger partial charge in [0, 0.05) is 25.1 Å². The minimum atomic E-state index is 0.560. The molecule has 2 nitrogen and oxygen atoms in total. The Labute approximate surface area is 68.5 Å². The molecular weight excluding hydrogens is 138 g/mol. The van der Waals surface area contributed by atoms with Gasteiger partial charge < -0.3 is 4.74 Å². The first kappa shape index (κ1) is 7.56. The number of ether oxygens (including phenoxy) is 1. The van der Waals surface area contributed by atoms with Crippen LogP contribution in [0.3, 0.4) is 0 Å². The SMILES string of the molecule is CCO[C@@H]1CN(CC)[C@@H]2CC21. The minimum Gasteiger partial charge on any atom is -0.377 e. The summed E-state index contributed by atoms with van der Waals surface area (Å²) in [7, 11) is 0. The van der Waals surface area contributed by atoms with Crippen molar-refractivity contribution in [3.05, 3.63) is 0 Å². The van der Waals surface area contributed by atoms with Crippen LogP contribution in [0.25, 0.3) is 0 Å². The summed E-state index contributed by atoms with van der Waals surface area (Å²) < 4.78 is 5.65. The first-order valence-electron chi connectivity index (χ1n) is 4.72. The minimum absolute atomic E-state index is 0.560. The highest BCUT2D eigenvalue weighted by Crippen LogP contribution is 2.45. The predicted octanol–water partition coefficient (Wildman–Crippen LogP) is 1.12. The van der Waals surface area contributed by atoms with Crippen molar-refractivity contribution in [1.82, 2.24) is 4.90 Å². The van der Waals surface area contributed by atoms with E-state index in [1.54, 1.807) is 0 Å². The molecule has 1 saturated heterocycles. The quantitative estimate of drug-likeness (QED) is 0.605. The van der Waals surface area contributed by atoms with Crippen molar-refractivity contribution in [3.8, 4) is 0 Å². The molecular formula is C9H17NO. The summed E-state index contributed by atoms with van der Waals surface area (Å²) in [5.74, 6) is 0.884. The van der Waals surface area contributed by atoms with E-state index in [1.165, 1.54) is 19.5 Å². The van der Waals surface area contributed by atoms with Gasteiger partial charge in [-0.2, -0.15) is 0 Å². The fraction of sp³-hybridized carbons (Fsp3) is 1.00. The Hall–Kier alpha value is -0.0800. The second-order valence-corrected chi connectivity index (χ2v) is 3.55. The van der Waals surface area contributed by atoms with Crippen LogP contribution >= 0.6 is 0 Å². The molecule has 3 atom stereocenters. The summed E-state index contributed by atoms with van der Waals surface area (Å²) in [5.41, 5.74) is 0. The zero-order valence-electron chi connectivity index (χ0n) is 7.42. The highest BCUT2D eigenvalue weighted by atomic mass is 16.5. The maximum Gasteiger partial charge on any atom is 0.0745 e. The van der Waals surface area contributed by atoms with Gasteiger partial charge >= 0.3 is 0 Å². The van der Waals surface area contributed by atoms with E-state index in [9.17, 15) is 0 Å². The lowest BCUT2D eigenvalue weighted by molar-refractivity contribution is 0.0493. The van der Waals surface area contributed by atoms with E-state index in [4.69, 9.17) is 4.74 Å². The predicted molar refractivity (Wildman–Crippen MR) is 44.6 cm³/mol. The largest absolute Gasteiger partial charge is 0.377 e. The summed E-state index contributed by atoms with van der Waals surface area (Å²) in [4.78, 5) is 2.55. The molecule has 0 aromatic carbocycles. The van der Waals surface area contributed by atoms with Crippen molar-refractivity contribution in [2.75, 3.05) is 19.7 Å². The van der Waals surface area contributed by atoms with Gasteiger partial charge in [-0.15, -0.1) is 0 Å². The number of nitrogens with zero attached hydrogens (tertiary/aromatic N) is 1. The van der Waals surface area contributed by atoms with E-state index in [2.05, 4.69) is 18.7 Å². The molecule has 1 aliphatic heterocycles. The van der Waals surface area contributed by atoms with Gasteiger partial charge in [-0.05, 0) is 19.9 Å². The number of hydrogen-bond donors (Lipinski definition) is 0. The van der Waals surface area contributed by atoms with Crippen molar-refractivity contribution in [2.45, 2.75) is 32.4 Å². The molecule has 1 heterocycles. The van der Waals surface area contributed by atoms with E-state index >= 15 is 0 Å². The lowest BCUT2D eigenvalue weighted by Crippen LogP contribution is -2.28. The fourth-order valence-electron chi connectivity index (χ4n) is 2.28. The van der Waals surface area contributed by atoms with Gasteiger partial charge in [-0.3, -0.25) is 4.90 Å². The third kappa shape index (κ3) is 1.18. The molecule has 0 spiro atoms. The Balaban J connectivity index is 1.87. The number of likely N-dealkylation sites (tertiary alicyclic amines) is 1. The van der Waals surface area contributed by atoms with Gasteiger partial charge in [0.1, 0.15) is 0 Å². The Kier molecular flexibility index (Phi) is 1.90. The molecule has 2 rings (SSSR count). The third-order valence-corrected chi connectivity index (χ3v) is 2.95. The molecule has 0 amide bonds. The Morgan fingerprint density at radius 3 is 2.82 bits per heavy atom. The summed E-state index contributed by atoms with van der Waals surface area (Å²) >= 11 is 0. The number of hydrogen-bond acceptors (Lipinski definition) is 2. The van der Waals surface area contributed by atoms with Gasteiger partial charge in [0.2, 0.25) is 0 Å².